The molecular formula is C61H88N4O8. The number of unbranched alkanes of at least 4 members (excludes halogenated alkanes) is 20. The zero-order valence-electron chi connectivity index (χ0n) is 44.7. The van der Waals surface area contributed by atoms with Crippen LogP contribution in [0.2, 0.25) is 0 Å². The van der Waals surface area contributed by atoms with E-state index >= 15 is 0 Å². The van der Waals surface area contributed by atoms with Gasteiger partial charge in [0.05, 0.1) is 11.1 Å². The highest BCUT2D eigenvalue weighted by Crippen LogP contribution is 2.31. The first-order valence-electron chi connectivity index (χ1n) is 27.9. The quantitative estimate of drug-likeness (QED) is 0.0167. The van der Waals surface area contributed by atoms with Crippen molar-refractivity contribution in [3.63, 3.8) is 0 Å². The molecule has 400 valence electrons. The summed E-state index contributed by atoms with van der Waals surface area (Å²) in [4.78, 5) is 54.1. The predicted molar refractivity (Wildman–Crippen MR) is 293 cm³/mol. The fourth-order valence-corrected chi connectivity index (χ4v) is 9.42. The summed E-state index contributed by atoms with van der Waals surface area (Å²) >= 11 is 0. The van der Waals surface area contributed by atoms with E-state index in [2.05, 4.69) is 49.4 Å². The summed E-state index contributed by atoms with van der Waals surface area (Å²) in [6.45, 7) is 8.74. The number of rotatable bonds is 34. The fourth-order valence-electron chi connectivity index (χ4n) is 9.42. The molecule has 0 aliphatic rings. The van der Waals surface area contributed by atoms with Crippen LogP contribution in [-0.2, 0) is 32.1 Å². The molecule has 0 radical (unpaired) electrons. The van der Waals surface area contributed by atoms with Crippen LogP contribution in [0.3, 0.4) is 0 Å². The third-order valence-electron chi connectivity index (χ3n) is 13.9. The van der Waals surface area contributed by atoms with Crippen LogP contribution in [0, 0.1) is 0 Å². The fraction of sp³-hybridized carbons (Fsp3) is 0.541. The number of benzene rings is 4. The number of carbonyl (C=O) groups excluding carboxylic acids is 4. The van der Waals surface area contributed by atoms with E-state index in [1.54, 1.807) is 36.4 Å². The molecule has 8 N–H and O–H groups in total. The lowest BCUT2D eigenvalue weighted by molar-refractivity contribution is 0.0844. The molecule has 0 aromatic heterocycles. The molecule has 0 saturated heterocycles. The lowest BCUT2D eigenvalue weighted by Gasteiger charge is -2.15. The highest BCUT2D eigenvalue weighted by Gasteiger charge is 2.20. The van der Waals surface area contributed by atoms with E-state index in [-0.39, 0.29) is 40.5 Å². The second kappa shape index (κ2) is 33.6. The maximum Gasteiger partial charge on any atom is 0.273 e. The number of aryl methyl sites for hydroxylation is 4. The van der Waals surface area contributed by atoms with Gasteiger partial charge in [-0.2, -0.15) is 0 Å². The minimum Gasteiger partial charge on any atom is -0.507 e. The number of phenols is 4. The van der Waals surface area contributed by atoms with E-state index in [4.69, 9.17) is 0 Å². The van der Waals surface area contributed by atoms with Crippen molar-refractivity contribution in [2.45, 2.75) is 214 Å². The van der Waals surface area contributed by atoms with Crippen LogP contribution in [0.15, 0.2) is 60.7 Å². The molecule has 4 amide bonds. The maximum absolute atomic E-state index is 13.6. The Balaban J connectivity index is 1.41. The molecule has 4 rings (SSSR count). The van der Waals surface area contributed by atoms with Crippen molar-refractivity contribution >= 4 is 23.6 Å². The minimum atomic E-state index is -0.745. The normalized spacial score (nSPS) is 11.1. The van der Waals surface area contributed by atoms with Crippen molar-refractivity contribution in [3.05, 3.63) is 116 Å². The third-order valence-corrected chi connectivity index (χ3v) is 13.9. The minimum absolute atomic E-state index is 0.0880. The van der Waals surface area contributed by atoms with Crippen LogP contribution in [-0.4, -0.2) is 44.1 Å². The molecule has 0 aliphatic heterocycles. The van der Waals surface area contributed by atoms with E-state index in [1.807, 2.05) is 0 Å². The number of amides is 4. The Kier molecular flexibility index (Phi) is 27.4. The molecular weight excluding hydrogens is 917 g/mol. The Hall–Kier alpha value is -6.04. The molecule has 0 bridgehead atoms. The molecule has 0 atom stereocenters. The van der Waals surface area contributed by atoms with E-state index in [1.165, 1.54) is 101 Å². The highest BCUT2D eigenvalue weighted by molar-refractivity contribution is 6.02. The van der Waals surface area contributed by atoms with E-state index in [0.717, 1.165) is 99.3 Å². The van der Waals surface area contributed by atoms with Crippen molar-refractivity contribution in [3.8, 4) is 23.0 Å². The smallest absolute Gasteiger partial charge is 0.273 e. The van der Waals surface area contributed by atoms with Crippen LogP contribution in [0.5, 0.6) is 23.0 Å². The third kappa shape index (κ3) is 20.8. The Morgan fingerprint density at radius 1 is 0.342 bits per heavy atom. The number of hydrogen-bond donors (Lipinski definition) is 8. The Morgan fingerprint density at radius 2 is 0.603 bits per heavy atom. The van der Waals surface area contributed by atoms with Gasteiger partial charge < -0.3 is 20.4 Å². The maximum atomic E-state index is 13.6. The summed E-state index contributed by atoms with van der Waals surface area (Å²) in [5, 5.41) is 44.0. The standard InChI is InChI=1S/C61H88N4O8/c1-5-9-13-17-21-25-29-46-40-50(41-47(56(46)68)30-26-22-18-14-10-6-2)58(70)62-64-60(72)52-38-44(33-35-54(52)66)37-45-34-36-55(67)53(39-45)61(73)65-63-59(71)51-42-48(31-27-23-19-15-11-7-3)57(69)49(43-51)32-28-24-20-16-12-8-4/h33-36,38-43,66-69H,5-32,37H2,1-4H3,(H,62,70)(H,63,71)(H,64,72)(H,65,73). The summed E-state index contributed by atoms with van der Waals surface area (Å²) in [7, 11) is 0. The molecule has 0 saturated carbocycles. The molecule has 73 heavy (non-hydrogen) atoms. The first-order chi connectivity index (χ1) is 35.4. The van der Waals surface area contributed by atoms with Gasteiger partial charge in [0.1, 0.15) is 23.0 Å². The van der Waals surface area contributed by atoms with Gasteiger partial charge in [-0.1, -0.05) is 168 Å². The van der Waals surface area contributed by atoms with Gasteiger partial charge in [-0.15, -0.1) is 0 Å². The first kappa shape index (κ1) is 59.5. The second-order valence-corrected chi connectivity index (χ2v) is 20.1. The van der Waals surface area contributed by atoms with E-state index < -0.39 is 23.6 Å². The summed E-state index contributed by atoms with van der Waals surface area (Å²) < 4.78 is 0. The topological polar surface area (TPSA) is 197 Å². The van der Waals surface area contributed by atoms with Gasteiger partial charge in [0.25, 0.3) is 23.6 Å². The van der Waals surface area contributed by atoms with Crippen LogP contribution >= 0.6 is 0 Å². The Labute approximate surface area is 436 Å². The molecule has 4 aromatic rings. The molecule has 0 unspecified atom stereocenters. The summed E-state index contributed by atoms with van der Waals surface area (Å²) in [6.07, 6.45) is 29.1. The lowest BCUT2D eigenvalue weighted by atomic mass is 9.95. The van der Waals surface area contributed by atoms with E-state index in [9.17, 15) is 39.6 Å². The molecule has 4 aromatic carbocycles. The van der Waals surface area contributed by atoms with Crippen LogP contribution in [0.1, 0.15) is 257 Å². The average molecular weight is 1010 g/mol. The van der Waals surface area contributed by atoms with Gasteiger partial charge in [0.15, 0.2) is 0 Å². The lowest BCUT2D eigenvalue weighted by Crippen LogP contribution is -2.41. The second-order valence-electron chi connectivity index (χ2n) is 20.1. The van der Waals surface area contributed by atoms with Gasteiger partial charge in [-0.25, -0.2) is 0 Å². The van der Waals surface area contributed by atoms with Crippen LogP contribution < -0.4 is 21.7 Å². The zero-order chi connectivity index (χ0) is 52.8. The number of aromatic hydroxyl groups is 4. The number of phenolic OH excluding ortho intramolecular Hbond substituents is 4. The largest absolute Gasteiger partial charge is 0.507 e. The van der Waals surface area contributed by atoms with Crippen molar-refractivity contribution in [2.75, 3.05) is 0 Å². The van der Waals surface area contributed by atoms with Gasteiger partial charge in [-0.3, -0.25) is 40.9 Å². The van der Waals surface area contributed by atoms with E-state index in [0.29, 0.717) is 47.9 Å². The number of carbonyl (C=O) groups is 4. The first-order valence-corrected chi connectivity index (χ1v) is 27.9. The average Bonchev–Trinajstić information content (AvgIpc) is 3.38. The number of nitrogens with one attached hydrogen (secondary N) is 4. The number of hydrazine groups is 2. The summed E-state index contributed by atoms with van der Waals surface area (Å²) in [5.41, 5.74) is 14.4. The predicted octanol–water partition coefficient (Wildman–Crippen LogP) is 13.9. The van der Waals surface area contributed by atoms with Crippen LogP contribution in [0.4, 0.5) is 0 Å². The Morgan fingerprint density at radius 3 is 0.890 bits per heavy atom. The highest BCUT2D eigenvalue weighted by atomic mass is 16.3. The van der Waals surface area contributed by atoms with Crippen molar-refractivity contribution in [2.24, 2.45) is 0 Å². The molecule has 0 spiro atoms. The summed E-state index contributed by atoms with van der Waals surface area (Å²) in [6, 6.07) is 15.8. The van der Waals surface area contributed by atoms with Gasteiger partial charge in [0, 0.05) is 11.1 Å². The van der Waals surface area contributed by atoms with Crippen molar-refractivity contribution < 1.29 is 39.6 Å². The Bertz CT molecular complexity index is 2110. The molecule has 0 fully saturated rings. The van der Waals surface area contributed by atoms with Crippen molar-refractivity contribution in [1.29, 1.82) is 0 Å². The molecule has 0 aliphatic carbocycles. The number of hydrogen-bond acceptors (Lipinski definition) is 8. The summed E-state index contributed by atoms with van der Waals surface area (Å²) in [5.74, 6) is -2.72. The molecule has 0 heterocycles. The molecule has 12 heteroatoms. The van der Waals surface area contributed by atoms with Crippen LogP contribution in [0.25, 0.3) is 0 Å². The monoisotopic (exact) mass is 1000 g/mol. The SMILES string of the molecule is CCCCCCCCc1cc(C(=O)NNC(=O)c2cc(Cc3ccc(O)c(C(=O)NNC(=O)c4cc(CCCCCCCC)c(O)c(CCCCCCCC)c4)c3)ccc2O)cc(CCCCCCCC)c1O. The molecule has 12 nitrogen and oxygen atoms in total. The zero-order valence-corrected chi connectivity index (χ0v) is 44.7. The van der Waals surface area contributed by atoms with Crippen molar-refractivity contribution in [1.82, 2.24) is 21.7 Å². The van der Waals surface area contributed by atoms with Gasteiger partial charge >= 0.3 is 0 Å². The van der Waals surface area contributed by atoms with Gasteiger partial charge in [0.2, 0.25) is 0 Å². The van der Waals surface area contributed by atoms with Gasteiger partial charge in [-0.05, 0) is 140 Å².